The van der Waals surface area contributed by atoms with Gasteiger partial charge in [-0.15, -0.1) is 0 Å². The summed E-state index contributed by atoms with van der Waals surface area (Å²) < 4.78 is 23.1. The number of aliphatic hydroxyl groups is 1. The monoisotopic (exact) mass is 232 g/mol. The van der Waals surface area contributed by atoms with Crippen LogP contribution in [0, 0.1) is 5.92 Å². The van der Waals surface area contributed by atoms with Gasteiger partial charge in [-0.25, -0.2) is 8.42 Å². The molecule has 1 unspecified atom stereocenters. The van der Waals surface area contributed by atoms with Crippen LogP contribution in [0.1, 0.15) is 44.9 Å². The number of hydrogen-bond acceptors (Lipinski definition) is 3. The zero-order valence-corrected chi connectivity index (χ0v) is 9.93. The third-order valence-electron chi connectivity index (χ3n) is 3.94. The van der Waals surface area contributed by atoms with Crippen LogP contribution in [-0.2, 0) is 9.84 Å². The number of hydrogen-bond donors (Lipinski definition) is 1. The molecule has 0 aromatic rings. The van der Waals surface area contributed by atoms with E-state index in [4.69, 9.17) is 0 Å². The molecule has 4 heteroatoms. The van der Waals surface area contributed by atoms with Crippen molar-refractivity contribution in [2.45, 2.75) is 50.5 Å². The van der Waals surface area contributed by atoms with Gasteiger partial charge in [0.1, 0.15) is 0 Å². The van der Waals surface area contributed by atoms with Crippen molar-refractivity contribution in [2.24, 2.45) is 5.92 Å². The van der Waals surface area contributed by atoms with Crippen LogP contribution in [0.15, 0.2) is 0 Å². The Morgan fingerprint density at radius 2 is 1.73 bits per heavy atom. The fourth-order valence-electron chi connectivity index (χ4n) is 3.02. The molecule has 0 spiro atoms. The zero-order chi connectivity index (χ0) is 10.9. The van der Waals surface area contributed by atoms with E-state index in [1.54, 1.807) is 0 Å². The first-order chi connectivity index (χ1) is 7.02. The lowest BCUT2D eigenvalue weighted by atomic mass is 9.74. The van der Waals surface area contributed by atoms with Crippen LogP contribution in [0.3, 0.4) is 0 Å². The number of sulfone groups is 1. The molecule has 3 nitrogen and oxygen atoms in total. The highest BCUT2D eigenvalue weighted by molar-refractivity contribution is 7.91. The second-order valence-electron chi connectivity index (χ2n) is 5.12. The van der Waals surface area contributed by atoms with Crippen LogP contribution in [0.5, 0.6) is 0 Å². The summed E-state index contributed by atoms with van der Waals surface area (Å²) in [5.74, 6) is 0.528. The summed E-state index contributed by atoms with van der Waals surface area (Å²) >= 11 is 0. The molecule has 88 valence electrons. The van der Waals surface area contributed by atoms with E-state index >= 15 is 0 Å². The average Bonchev–Trinajstić information content (AvgIpc) is 2.17. The Labute approximate surface area is 91.8 Å². The van der Waals surface area contributed by atoms with E-state index in [1.165, 1.54) is 6.42 Å². The summed E-state index contributed by atoms with van der Waals surface area (Å²) in [6, 6.07) is 0. The van der Waals surface area contributed by atoms with Gasteiger partial charge in [-0.2, -0.15) is 0 Å². The molecular formula is C11H20O3S. The molecule has 1 atom stereocenters. The maximum absolute atomic E-state index is 11.5. The van der Waals surface area contributed by atoms with Gasteiger partial charge in [0.15, 0.2) is 9.84 Å². The second kappa shape index (κ2) is 4.06. The highest BCUT2D eigenvalue weighted by atomic mass is 32.2. The standard InChI is InChI=1S/C11H20O3S/c12-11(6-2-1-3-7-11)10-5-4-8-15(13,14)9-10/h10,12H,1-9H2. The van der Waals surface area contributed by atoms with Crippen molar-refractivity contribution in [3.8, 4) is 0 Å². The van der Waals surface area contributed by atoms with Crippen molar-refractivity contribution in [3.05, 3.63) is 0 Å². The normalized spacial score (nSPS) is 34.9. The van der Waals surface area contributed by atoms with Crippen LogP contribution in [0.25, 0.3) is 0 Å². The Balaban J connectivity index is 2.08. The lowest BCUT2D eigenvalue weighted by Crippen LogP contribution is -2.45. The van der Waals surface area contributed by atoms with E-state index in [9.17, 15) is 13.5 Å². The van der Waals surface area contributed by atoms with Crippen LogP contribution in [0.4, 0.5) is 0 Å². The second-order valence-corrected chi connectivity index (χ2v) is 7.35. The van der Waals surface area contributed by atoms with Crippen molar-refractivity contribution >= 4 is 9.84 Å². The van der Waals surface area contributed by atoms with Crippen molar-refractivity contribution in [3.63, 3.8) is 0 Å². The Hall–Kier alpha value is -0.0900. The van der Waals surface area contributed by atoms with Crippen LogP contribution < -0.4 is 0 Å². The van der Waals surface area contributed by atoms with Crippen molar-refractivity contribution in [1.82, 2.24) is 0 Å². The summed E-state index contributed by atoms with van der Waals surface area (Å²) in [5.41, 5.74) is -0.675. The van der Waals surface area contributed by atoms with Crippen LogP contribution in [0.2, 0.25) is 0 Å². The minimum Gasteiger partial charge on any atom is -0.390 e. The molecule has 1 N–H and O–H groups in total. The van der Waals surface area contributed by atoms with Crippen LogP contribution in [-0.4, -0.2) is 30.6 Å². The summed E-state index contributed by atoms with van der Waals surface area (Å²) in [6.07, 6.45) is 6.49. The molecule has 2 aliphatic rings. The zero-order valence-electron chi connectivity index (χ0n) is 9.11. The van der Waals surface area contributed by atoms with E-state index in [0.29, 0.717) is 5.75 Å². The largest absolute Gasteiger partial charge is 0.390 e. The summed E-state index contributed by atoms with van der Waals surface area (Å²) in [6.45, 7) is 0. The molecule has 1 aliphatic heterocycles. The molecule has 0 amide bonds. The van der Waals surface area contributed by atoms with E-state index in [-0.39, 0.29) is 11.7 Å². The Morgan fingerprint density at radius 3 is 2.33 bits per heavy atom. The van der Waals surface area contributed by atoms with Gasteiger partial charge in [0.05, 0.1) is 17.1 Å². The number of rotatable bonds is 1. The summed E-state index contributed by atoms with van der Waals surface area (Å²) in [5, 5.41) is 10.5. The molecule has 0 bridgehead atoms. The average molecular weight is 232 g/mol. The van der Waals surface area contributed by atoms with Gasteiger partial charge >= 0.3 is 0 Å². The van der Waals surface area contributed by atoms with Crippen molar-refractivity contribution in [2.75, 3.05) is 11.5 Å². The molecular weight excluding hydrogens is 212 g/mol. The van der Waals surface area contributed by atoms with E-state index in [1.807, 2.05) is 0 Å². The van der Waals surface area contributed by atoms with E-state index < -0.39 is 15.4 Å². The molecule has 1 saturated heterocycles. The third kappa shape index (κ3) is 2.53. The van der Waals surface area contributed by atoms with Gasteiger partial charge < -0.3 is 5.11 Å². The minimum atomic E-state index is -2.88. The van der Waals surface area contributed by atoms with Gasteiger partial charge in [0.2, 0.25) is 0 Å². The maximum atomic E-state index is 11.5. The molecule has 0 aromatic heterocycles. The summed E-state index contributed by atoms with van der Waals surface area (Å²) in [4.78, 5) is 0. The molecule has 15 heavy (non-hydrogen) atoms. The first-order valence-corrected chi connectivity index (χ1v) is 7.77. The summed E-state index contributed by atoms with van der Waals surface area (Å²) in [7, 11) is -2.88. The molecule has 2 rings (SSSR count). The molecule has 1 aliphatic carbocycles. The lowest BCUT2D eigenvalue weighted by molar-refractivity contribution is -0.0457. The Morgan fingerprint density at radius 1 is 1.07 bits per heavy atom. The molecule has 1 saturated carbocycles. The van der Waals surface area contributed by atoms with Crippen molar-refractivity contribution in [1.29, 1.82) is 0 Å². The predicted octanol–water partition coefficient (Wildman–Crippen LogP) is 1.51. The lowest BCUT2D eigenvalue weighted by Gasteiger charge is -2.40. The van der Waals surface area contributed by atoms with Gasteiger partial charge in [0, 0.05) is 5.92 Å². The van der Waals surface area contributed by atoms with Crippen molar-refractivity contribution < 1.29 is 13.5 Å². The first-order valence-electron chi connectivity index (χ1n) is 5.95. The van der Waals surface area contributed by atoms with E-state index in [0.717, 1.165) is 38.5 Å². The Kier molecular flexibility index (Phi) is 3.08. The molecule has 1 heterocycles. The first kappa shape index (κ1) is 11.4. The maximum Gasteiger partial charge on any atom is 0.150 e. The van der Waals surface area contributed by atoms with Crippen LogP contribution >= 0.6 is 0 Å². The molecule has 0 radical (unpaired) electrons. The fourth-order valence-corrected chi connectivity index (χ4v) is 4.88. The predicted molar refractivity (Wildman–Crippen MR) is 59.4 cm³/mol. The SMILES string of the molecule is O=S1(=O)CCCC(C2(O)CCCCC2)C1. The van der Waals surface area contributed by atoms with Gasteiger partial charge in [0.25, 0.3) is 0 Å². The van der Waals surface area contributed by atoms with Gasteiger partial charge in [-0.1, -0.05) is 19.3 Å². The highest BCUT2D eigenvalue weighted by Gasteiger charge is 2.41. The Bertz CT molecular complexity index is 315. The minimum absolute atomic E-state index is 0.00319. The third-order valence-corrected chi connectivity index (χ3v) is 5.76. The topological polar surface area (TPSA) is 54.4 Å². The highest BCUT2D eigenvalue weighted by Crippen LogP contribution is 2.39. The fraction of sp³-hybridized carbons (Fsp3) is 1.00. The molecule has 0 aromatic carbocycles. The smallest absolute Gasteiger partial charge is 0.150 e. The van der Waals surface area contributed by atoms with Gasteiger partial charge in [-0.3, -0.25) is 0 Å². The van der Waals surface area contributed by atoms with Gasteiger partial charge in [-0.05, 0) is 25.7 Å². The molecule has 2 fully saturated rings. The van der Waals surface area contributed by atoms with E-state index in [2.05, 4.69) is 0 Å². The quantitative estimate of drug-likeness (QED) is 0.745.